The summed E-state index contributed by atoms with van der Waals surface area (Å²) in [6, 6.07) is 17.3. The molecule has 0 saturated heterocycles. The molecule has 0 aliphatic heterocycles. The van der Waals surface area contributed by atoms with Gasteiger partial charge in [0, 0.05) is 27.8 Å². The van der Waals surface area contributed by atoms with Crippen molar-refractivity contribution in [1.29, 1.82) is 0 Å². The number of carbonyl (C=O) groups excluding carboxylic acids is 1. The van der Waals surface area contributed by atoms with Crippen LogP contribution in [0.1, 0.15) is 15.9 Å². The van der Waals surface area contributed by atoms with Crippen molar-refractivity contribution in [2.75, 3.05) is 5.32 Å². The van der Waals surface area contributed by atoms with Gasteiger partial charge in [0.25, 0.3) is 11.6 Å². The maximum atomic E-state index is 12.8. The van der Waals surface area contributed by atoms with Crippen molar-refractivity contribution in [1.82, 2.24) is 4.98 Å². The summed E-state index contributed by atoms with van der Waals surface area (Å²) in [5.74, 6) is -0.446. The minimum Gasteiger partial charge on any atom is -0.321 e. The molecule has 4 aromatic rings. The Labute approximate surface area is 174 Å². The number of nitrogens with zero attached hydrogens (tertiary/aromatic N) is 2. The molecule has 0 bridgehead atoms. The number of anilines is 1. The second-order valence-electron chi connectivity index (χ2n) is 6.39. The van der Waals surface area contributed by atoms with Crippen LogP contribution < -0.4 is 5.32 Å². The van der Waals surface area contributed by atoms with Crippen LogP contribution in [0.5, 0.6) is 0 Å². The fourth-order valence-corrected chi connectivity index (χ4v) is 4.10. The number of amides is 1. The average Bonchev–Trinajstić information content (AvgIpc) is 3.13. The molecule has 0 aliphatic carbocycles. The Bertz CT molecular complexity index is 1240. The molecule has 0 radical (unpaired) electrons. The van der Waals surface area contributed by atoms with Gasteiger partial charge >= 0.3 is 0 Å². The van der Waals surface area contributed by atoms with Crippen molar-refractivity contribution in [3.8, 4) is 10.6 Å². The summed E-state index contributed by atoms with van der Waals surface area (Å²) in [6.45, 7) is 1.63. The van der Waals surface area contributed by atoms with Crippen molar-refractivity contribution in [3.05, 3.63) is 86.9 Å². The van der Waals surface area contributed by atoms with Gasteiger partial charge in [-0.15, -0.1) is 11.3 Å². The minimum absolute atomic E-state index is 0.0971. The van der Waals surface area contributed by atoms with Crippen LogP contribution in [0.4, 0.5) is 11.4 Å². The fraction of sp³-hybridized carbons (Fsp3) is 0.0476. The van der Waals surface area contributed by atoms with Gasteiger partial charge in [0.05, 0.1) is 20.8 Å². The van der Waals surface area contributed by atoms with Gasteiger partial charge in [-0.25, -0.2) is 4.98 Å². The van der Waals surface area contributed by atoms with E-state index in [1.165, 1.54) is 17.4 Å². The van der Waals surface area contributed by atoms with Gasteiger partial charge in [0.15, 0.2) is 0 Å². The van der Waals surface area contributed by atoms with Crippen molar-refractivity contribution in [2.45, 2.75) is 6.92 Å². The van der Waals surface area contributed by atoms with Crippen LogP contribution in [0.25, 0.3) is 20.8 Å². The number of hydrogen-bond donors (Lipinski definition) is 1. The molecule has 6 nitrogen and oxygen atoms in total. The van der Waals surface area contributed by atoms with E-state index in [0.717, 1.165) is 15.2 Å². The third-order valence-corrected chi connectivity index (χ3v) is 5.73. The Hall–Kier alpha value is -3.29. The molecule has 3 aromatic carbocycles. The zero-order chi connectivity index (χ0) is 20.5. The summed E-state index contributed by atoms with van der Waals surface area (Å²) in [5.41, 5.74) is 2.68. The summed E-state index contributed by atoms with van der Waals surface area (Å²) in [6.07, 6.45) is 0. The Balaban J connectivity index is 1.72. The van der Waals surface area contributed by atoms with Gasteiger partial charge in [-0.1, -0.05) is 29.8 Å². The zero-order valence-corrected chi connectivity index (χ0v) is 16.8. The lowest BCUT2D eigenvalue weighted by molar-refractivity contribution is -0.385. The summed E-state index contributed by atoms with van der Waals surface area (Å²) in [4.78, 5) is 28.1. The van der Waals surface area contributed by atoms with Crippen molar-refractivity contribution in [2.24, 2.45) is 0 Å². The molecule has 1 N–H and O–H groups in total. The molecular formula is C21H14ClN3O3S. The fourth-order valence-electron chi connectivity index (χ4n) is 2.93. The van der Waals surface area contributed by atoms with Crippen LogP contribution in [0, 0.1) is 17.0 Å². The first kappa shape index (κ1) is 19.0. The van der Waals surface area contributed by atoms with Gasteiger partial charge in [-0.3, -0.25) is 14.9 Å². The third kappa shape index (κ3) is 3.83. The lowest BCUT2D eigenvalue weighted by Gasteiger charge is -2.10. The summed E-state index contributed by atoms with van der Waals surface area (Å²) < 4.78 is 1.02. The lowest BCUT2D eigenvalue weighted by Crippen LogP contribution is -2.13. The van der Waals surface area contributed by atoms with Crippen LogP contribution in [0.2, 0.25) is 5.02 Å². The van der Waals surface area contributed by atoms with Gasteiger partial charge in [-0.2, -0.15) is 0 Å². The van der Waals surface area contributed by atoms with Crippen LogP contribution in [-0.2, 0) is 0 Å². The van der Waals surface area contributed by atoms with Crippen LogP contribution in [-0.4, -0.2) is 15.8 Å². The van der Waals surface area contributed by atoms with Gasteiger partial charge in [-0.05, 0) is 43.3 Å². The summed E-state index contributed by atoms with van der Waals surface area (Å²) in [5, 5.41) is 15.2. The van der Waals surface area contributed by atoms with Crippen LogP contribution >= 0.6 is 22.9 Å². The molecule has 29 heavy (non-hydrogen) atoms. The predicted octanol–water partition coefficient (Wildman–Crippen LogP) is 6.09. The first-order valence-corrected chi connectivity index (χ1v) is 9.84. The first-order chi connectivity index (χ1) is 13.9. The number of aromatic nitrogens is 1. The molecule has 0 fully saturated rings. The second kappa shape index (κ2) is 7.62. The third-order valence-electron chi connectivity index (χ3n) is 4.42. The molecule has 4 rings (SSSR count). The van der Waals surface area contributed by atoms with Crippen LogP contribution in [0.15, 0.2) is 60.7 Å². The topological polar surface area (TPSA) is 85.1 Å². The van der Waals surface area contributed by atoms with E-state index in [2.05, 4.69) is 10.3 Å². The van der Waals surface area contributed by atoms with E-state index in [4.69, 9.17) is 11.6 Å². The lowest BCUT2D eigenvalue weighted by atomic mass is 10.1. The minimum atomic E-state index is -0.499. The van der Waals surface area contributed by atoms with E-state index in [1.807, 2.05) is 24.3 Å². The monoisotopic (exact) mass is 423 g/mol. The SMILES string of the molecule is Cc1ccc(C(=O)Nc2ccc(Cl)cc2-c2nc3ccccc3s2)cc1[N+](=O)[O-]. The first-order valence-electron chi connectivity index (χ1n) is 8.64. The molecule has 1 aromatic heterocycles. The highest BCUT2D eigenvalue weighted by atomic mass is 35.5. The number of para-hydroxylation sites is 1. The molecular weight excluding hydrogens is 410 g/mol. The number of carbonyl (C=O) groups is 1. The molecule has 0 saturated carbocycles. The maximum Gasteiger partial charge on any atom is 0.273 e. The summed E-state index contributed by atoms with van der Waals surface area (Å²) in [7, 11) is 0. The van der Waals surface area contributed by atoms with E-state index in [1.54, 1.807) is 37.3 Å². The van der Waals surface area contributed by atoms with Gasteiger partial charge < -0.3 is 5.32 Å². The maximum absolute atomic E-state index is 12.8. The quantitative estimate of drug-likeness (QED) is 0.318. The number of hydrogen-bond acceptors (Lipinski definition) is 5. The number of fused-ring (bicyclic) bond motifs is 1. The van der Waals surface area contributed by atoms with Gasteiger partial charge in [0.1, 0.15) is 5.01 Å². The number of nitro benzene ring substituents is 1. The standard InChI is InChI=1S/C21H14ClN3O3S/c1-12-6-7-13(10-18(12)25(27)28)20(26)23-16-9-8-14(22)11-15(16)21-24-17-4-2-3-5-19(17)29-21/h2-11H,1H3,(H,23,26). The zero-order valence-electron chi connectivity index (χ0n) is 15.2. The number of nitro groups is 1. The van der Waals surface area contributed by atoms with Crippen molar-refractivity contribution >= 4 is 50.4 Å². The summed E-state index contributed by atoms with van der Waals surface area (Å²) >= 11 is 7.68. The Morgan fingerprint density at radius 1 is 1.14 bits per heavy atom. The van der Waals surface area contributed by atoms with Crippen LogP contribution in [0.3, 0.4) is 0 Å². The smallest absolute Gasteiger partial charge is 0.273 e. The molecule has 0 unspecified atom stereocenters. The number of thiazole rings is 1. The molecule has 144 valence electrons. The number of nitrogens with one attached hydrogen (secondary N) is 1. The number of rotatable bonds is 4. The molecule has 1 heterocycles. The average molecular weight is 424 g/mol. The molecule has 0 aliphatic rings. The number of aryl methyl sites for hydroxylation is 1. The molecule has 0 spiro atoms. The predicted molar refractivity (Wildman–Crippen MR) is 116 cm³/mol. The molecule has 8 heteroatoms. The van der Waals surface area contributed by atoms with E-state index in [0.29, 0.717) is 21.8 Å². The Morgan fingerprint density at radius 2 is 1.93 bits per heavy atom. The second-order valence-corrected chi connectivity index (χ2v) is 7.86. The largest absolute Gasteiger partial charge is 0.321 e. The highest BCUT2D eigenvalue weighted by Crippen LogP contribution is 2.36. The molecule has 1 amide bonds. The van der Waals surface area contributed by atoms with E-state index >= 15 is 0 Å². The van der Waals surface area contributed by atoms with E-state index in [9.17, 15) is 14.9 Å². The van der Waals surface area contributed by atoms with E-state index in [-0.39, 0.29) is 11.3 Å². The normalized spacial score (nSPS) is 10.8. The Kier molecular flexibility index (Phi) is 5.00. The number of benzene rings is 3. The van der Waals surface area contributed by atoms with E-state index < -0.39 is 10.8 Å². The number of halogens is 1. The van der Waals surface area contributed by atoms with Crippen molar-refractivity contribution < 1.29 is 9.72 Å². The highest BCUT2D eigenvalue weighted by Gasteiger charge is 2.18. The highest BCUT2D eigenvalue weighted by molar-refractivity contribution is 7.21. The van der Waals surface area contributed by atoms with Crippen molar-refractivity contribution in [3.63, 3.8) is 0 Å². The Morgan fingerprint density at radius 3 is 2.69 bits per heavy atom. The molecule has 0 atom stereocenters. The van der Waals surface area contributed by atoms with Gasteiger partial charge in [0.2, 0.25) is 0 Å².